The van der Waals surface area contributed by atoms with Gasteiger partial charge in [0.15, 0.2) is 0 Å². The van der Waals surface area contributed by atoms with E-state index in [9.17, 15) is 4.79 Å². The first kappa shape index (κ1) is 16.8. The zero-order valence-electron chi connectivity index (χ0n) is 11.1. The normalized spacial score (nSPS) is 18.2. The molecule has 2 aromatic heterocycles. The number of rotatable bonds is 1. The number of fused-ring (bicyclic) bond motifs is 1. The summed E-state index contributed by atoms with van der Waals surface area (Å²) < 4.78 is 0. The lowest BCUT2D eigenvalue weighted by Crippen LogP contribution is -2.52. The van der Waals surface area contributed by atoms with Crippen molar-refractivity contribution in [3.05, 3.63) is 30.1 Å². The number of aromatic amines is 1. The monoisotopic (exact) mass is 316 g/mol. The van der Waals surface area contributed by atoms with Gasteiger partial charge in [0.2, 0.25) is 0 Å². The Morgan fingerprint density at radius 1 is 1.45 bits per heavy atom. The minimum absolute atomic E-state index is 0. The van der Waals surface area contributed by atoms with Gasteiger partial charge in [-0.1, -0.05) is 0 Å². The molecule has 0 radical (unpaired) electrons. The predicted octanol–water partition coefficient (Wildman–Crippen LogP) is 1.84. The van der Waals surface area contributed by atoms with E-state index >= 15 is 0 Å². The summed E-state index contributed by atoms with van der Waals surface area (Å²) in [5.41, 5.74) is 1.48. The molecule has 3 heterocycles. The van der Waals surface area contributed by atoms with E-state index in [1.165, 1.54) is 0 Å². The minimum Gasteiger partial charge on any atom is -0.345 e. The van der Waals surface area contributed by atoms with Crippen molar-refractivity contribution in [2.24, 2.45) is 0 Å². The summed E-state index contributed by atoms with van der Waals surface area (Å²) in [6, 6.07) is 4.01. The number of aromatic nitrogens is 2. The van der Waals surface area contributed by atoms with Gasteiger partial charge < -0.3 is 15.2 Å². The zero-order chi connectivity index (χ0) is 12.5. The SMILES string of the molecule is C[C@@H]1CNCCN1C(=O)c1c[nH]c2ncccc12.Cl.Cl. The fourth-order valence-corrected chi connectivity index (χ4v) is 2.43. The number of H-pyrrole nitrogens is 1. The Balaban J connectivity index is 0.000001000. The highest BCUT2D eigenvalue weighted by molar-refractivity contribution is 6.06. The number of nitrogens with one attached hydrogen (secondary N) is 2. The van der Waals surface area contributed by atoms with Gasteiger partial charge in [0.25, 0.3) is 5.91 Å². The first-order chi connectivity index (χ1) is 8.77. The van der Waals surface area contributed by atoms with Crippen molar-refractivity contribution in [3.63, 3.8) is 0 Å². The number of halogens is 2. The summed E-state index contributed by atoms with van der Waals surface area (Å²) in [5, 5.41) is 4.18. The number of piperazine rings is 1. The first-order valence-corrected chi connectivity index (χ1v) is 6.21. The average Bonchev–Trinajstić information content (AvgIpc) is 2.82. The van der Waals surface area contributed by atoms with Gasteiger partial charge in [-0.2, -0.15) is 0 Å². The molecule has 20 heavy (non-hydrogen) atoms. The zero-order valence-corrected chi connectivity index (χ0v) is 12.8. The molecule has 1 atom stereocenters. The van der Waals surface area contributed by atoms with Gasteiger partial charge in [-0.15, -0.1) is 24.8 Å². The van der Waals surface area contributed by atoms with Crippen molar-refractivity contribution in [2.75, 3.05) is 19.6 Å². The highest BCUT2D eigenvalue weighted by Crippen LogP contribution is 2.19. The van der Waals surface area contributed by atoms with Crippen LogP contribution >= 0.6 is 24.8 Å². The molecule has 7 heteroatoms. The lowest BCUT2D eigenvalue weighted by Gasteiger charge is -2.33. The van der Waals surface area contributed by atoms with Gasteiger partial charge in [-0.3, -0.25) is 4.79 Å². The van der Waals surface area contributed by atoms with Crippen molar-refractivity contribution < 1.29 is 4.79 Å². The van der Waals surface area contributed by atoms with Crippen LogP contribution in [-0.2, 0) is 0 Å². The number of hydrogen-bond acceptors (Lipinski definition) is 3. The van der Waals surface area contributed by atoms with Crippen molar-refractivity contribution in [3.8, 4) is 0 Å². The molecule has 0 saturated carbocycles. The number of carbonyl (C=O) groups excluding carboxylic acids is 1. The third-order valence-electron chi connectivity index (χ3n) is 3.44. The molecule has 110 valence electrons. The van der Waals surface area contributed by atoms with E-state index in [1.807, 2.05) is 17.0 Å². The lowest BCUT2D eigenvalue weighted by molar-refractivity contribution is 0.0658. The number of amides is 1. The van der Waals surface area contributed by atoms with Gasteiger partial charge >= 0.3 is 0 Å². The molecule has 3 rings (SSSR count). The van der Waals surface area contributed by atoms with Crippen molar-refractivity contribution in [1.29, 1.82) is 0 Å². The second-order valence-electron chi connectivity index (χ2n) is 4.65. The molecule has 5 nitrogen and oxygen atoms in total. The molecule has 1 saturated heterocycles. The van der Waals surface area contributed by atoms with Crippen molar-refractivity contribution >= 4 is 41.8 Å². The Kier molecular flexibility index (Phi) is 5.80. The van der Waals surface area contributed by atoms with E-state index < -0.39 is 0 Å². The smallest absolute Gasteiger partial charge is 0.256 e. The van der Waals surface area contributed by atoms with Crippen LogP contribution in [0.15, 0.2) is 24.5 Å². The maximum absolute atomic E-state index is 12.5. The van der Waals surface area contributed by atoms with Crippen LogP contribution in [0.1, 0.15) is 17.3 Å². The highest BCUT2D eigenvalue weighted by Gasteiger charge is 2.25. The Hall–Kier alpha value is -1.30. The fraction of sp³-hybridized carbons (Fsp3) is 0.385. The number of nitrogens with zero attached hydrogens (tertiary/aromatic N) is 2. The number of hydrogen-bond donors (Lipinski definition) is 2. The summed E-state index contributed by atoms with van der Waals surface area (Å²) in [6.07, 6.45) is 3.48. The van der Waals surface area contributed by atoms with Crippen LogP contribution in [-0.4, -0.2) is 46.5 Å². The highest BCUT2D eigenvalue weighted by atomic mass is 35.5. The first-order valence-electron chi connectivity index (χ1n) is 6.21. The quantitative estimate of drug-likeness (QED) is 0.844. The fourth-order valence-electron chi connectivity index (χ4n) is 2.43. The molecule has 0 unspecified atom stereocenters. The van der Waals surface area contributed by atoms with Crippen LogP contribution in [0, 0.1) is 0 Å². The molecule has 1 aliphatic heterocycles. The summed E-state index contributed by atoms with van der Waals surface area (Å²) in [7, 11) is 0. The molecule has 2 N–H and O–H groups in total. The Morgan fingerprint density at radius 3 is 3.00 bits per heavy atom. The predicted molar refractivity (Wildman–Crippen MR) is 84.0 cm³/mol. The van der Waals surface area contributed by atoms with Crippen LogP contribution in [0.25, 0.3) is 11.0 Å². The molecule has 0 aromatic carbocycles. The Labute approximate surface area is 130 Å². The van der Waals surface area contributed by atoms with E-state index in [4.69, 9.17) is 0 Å². The molecule has 0 spiro atoms. The molecule has 1 fully saturated rings. The Bertz CT molecular complexity index is 587. The third-order valence-corrected chi connectivity index (χ3v) is 3.44. The molecular formula is C13H18Cl2N4O. The Morgan fingerprint density at radius 2 is 2.25 bits per heavy atom. The van der Waals surface area contributed by atoms with Gasteiger partial charge in [-0.05, 0) is 19.1 Å². The lowest BCUT2D eigenvalue weighted by atomic mass is 10.1. The number of carbonyl (C=O) groups is 1. The van der Waals surface area contributed by atoms with Crippen molar-refractivity contribution in [1.82, 2.24) is 20.2 Å². The number of pyridine rings is 1. The average molecular weight is 317 g/mol. The summed E-state index contributed by atoms with van der Waals surface area (Å²) in [6.45, 7) is 4.53. The van der Waals surface area contributed by atoms with Gasteiger partial charge in [0.05, 0.1) is 5.56 Å². The van der Waals surface area contributed by atoms with Crippen LogP contribution in [0.5, 0.6) is 0 Å². The van der Waals surface area contributed by atoms with Crippen LogP contribution in [0.4, 0.5) is 0 Å². The van der Waals surface area contributed by atoms with Crippen LogP contribution < -0.4 is 5.32 Å². The van der Waals surface area contributed by atoms with E-state index in [0.717, 1.165) is 30.7 Å². The van der Waals surface area contributed by atoms with E-state index in [1.54, 1.807) is 12.4 Å². The van der Waals surface area contributed by atoms with Gasteiger partial charge in [-0.25, -0.2) is 4.98 Å². The molecular weight excluding hydrogens is 299 g/mol. The minimum atomic E-state index is 0. The standard InChI is InChI=1S/C13H16N4O.2ClH/c1-9-7-14-5-6-17(9)13(18)11-8-16-12-10(11)3-2-4-15-12;;/h2-4,8-9,14H,5-7H2,1H3,(H,15,16);2*1H/t9-;;/m1../s1. The van der Waals surface area contributed by atoms with E-state index in [2.05, 4.69) is 22.2 Å². The molecule has 0 aliphatic carbocycles. The second-order valence-corrected chi connectivity index (χ2v) is 4.65. The summed E-state index contributed by atoms with van der Waals surface area (Å²) >= 11 is 0. The van der Waals surface area contributed by atoms with Crippen LogP contribution in [0.2, 0.25) is 0 Å². The maximum atomic E-state index is 12.5. The summed E-state index contributed by atoms with van der Waals surface area (Å²) in [5.74, 6) is 0.0863. The topological polar surface area (TPSA) is 61.0 Å². The van der Waals surface area contributed by atoms with E-state index in [-0.39, 0.29) is 36.8 Å². The van der Waals surface area contributed by atoms with Gasteiger partial charge in [0, 0.05) is 43.5 Å². The van der Waals surface area contributed by atoms with E-state index in [0.29, 0.717) is 5.56 Å². The van der Waals surface area contributed by atoms with Crippen LogP contribution in [0.3, 0.4) is 0 Å². The van der Waals surface area contributed by atoms with Crippen molar-refractivity contribution in [2.45, 2.75) is 13.0 Å². The van der Waals surface area contributed by atoms with Gasteiger partial charge in [0.1, 0.15) is 5.65 Å². The molecule has 0 bridgehead atoms. The third kappa shape index (κ3) is 2.90. The maximum Gasteiger partial charge on any atom is 0.256 e. The molecule has 1 amide bonds. The molecule has 1 aliphatic rings. The largest absolute Gasteiger partial charge is 0.345 e. The molecule has 2 aromatic rings. The summed E-state index contributed by atoms with van der Waals surface area (Å²) in [4.78, 5) is 21.7. The second kappa shape index (κ2) is 6.92.